The molecule has 0 spiro atoms. The van der Waals surface area contributed by atoms with E-state index in [1.807, 2.05) is 11.3 Å². The highest BCUT2D eigenvalue weighted by Crippen LogP contribution is 2.31. The van der Waals surface area contributed by atoms with Gasteiger partial charge in [-0.1, -0.05) is 36.2 Å². The van der Waals surface area contributed by atoms with Crippen molar-refractivity contribution in [1.82, 2.24) is 5.32 Å². The number of rotatable bonds is 5. The SMILES string of the molecule is CCCNC(c1cc(C)cc(C)c1)c1cc(C)c(C)s1. The van der Waals surface area contributed by atoms with Crippen LogP contribution in [0.25, 0.3) is 0 Å². The van der Waals surface area contributed by atoms with Gasteiger partial charge in [-0.05, 0) is 57.9 Å². The molecule has 2 heteroatoms. The Hall–Kier alpha value is -1.12. The normalized spacial score (nSPS) is 12.7. The Morgan fingerprint density at radius 3 is 2.15 bits per heavy atom. The van der Waals surface area contributed by atoms with Crippen molar-refractivity contribution in [3.8, 4) is 0 Å². The molecule has 0 saturated carbocycles. The molecule has 20 heavy (non-hydrogen) atoms. The first kappa shape index (κ1) is 15.3. The van der Waals surface area contributed by atoms with E-state index in [4.69, 9.17) is 0 Å². The zero-order chi connectivity index (χ0) is 14.7. The van der Waals surface area contributed by atoms with Gasteiger partial charge in [0.15, 0.2) is 0 Å². The highest BCUT2D eigenvalue weighted by molar-refractivity contribution is 7.12. The zero-order valence-electron chi connectivity index (χ0n) is 13.2. The lowest BCUT2D eigenvalue weighted by Gasteiger charge is -2.19. The molecule has 2 rings (SSSR count). The molecule has 1 atom stereocenters. The molecule has 0 aliphatic heterocycles. The molecule has 0 aliphatic rings. The fourth-order valence-electron chi connectivity index (χ4n) is 2.59. The van der Waals surface area contributed by atoms with Crippen molar-refractivity contribution in [3.05, 3.63) is 56.3 Å². The van der Waals surface area contributed by atoms with E-state index in [0.29, 0.717) is 6.04 Å². The van der Waals surface area contributed by atoms with Crippen LogP contribution in [0.3, 0.4) is 0 Å². The molecule has 1 aromatic heterocycles. The van der Waals surface area contributed by atoms with E-state index < -0.39 is 0 Å². The summed E-state index contributed by atoms with van der Waals surface area (Å²) in [6.07, 6.45) is 1.16. The molecule has 1 aromatic carbocycles. The van der Waals surface area contributed by atoms with Crippen LogP contribution in [0.1, 0.15) is 51.4 Å². The summed E-state index contributed by atoms with van der Waals surface area (Å²) in [4.78, 5) is 2.85. The molecule has 0 saturated heterocycles. The summed E-state index contributed by atoms with van der Waals surface area (Å²) in [5.41, 5.74) is 5.47. The molecule has 0 radical (unpaired) electrons. The molecular formula is C18H25NS. The van der Waals surface area contributed by atoms with Crippen molar-refractivity contribution in [3.63, 3.8) is 0 Å². The maximum atomic E-state index is 3.71. The van der Waals surface area contributed by atoms with Crippen molar-refractivity contribution < 1.29 is 0 Å². The number of hydrogen-bond donors (Lipinski definition) is 1. The quantitative estimate of drug-likeness (QED) is 0.809. The molecule has 2 aromatic rings. The average Bonchev–Trinajstić information content (AvgIpc) is 2.69. The van der Waals surface area contributed by atoms with Crippen molar-refractivity contribution in [2.24, 2.45) is 0 Å². The maximum Gasteiger partial charge on any atom is 0.0671 e. The van der Waals surface area contributed by atoms with Crippen LogP contribution in [0, 0.1) is 27.7 Å². The van der Waals surface area contributed by atoms with Gasteiger partial charge in [-0.15, -0.1) is 11.3 Å². The van der Waals surface area contributed by atoms with Crippen LogP contribution < -0.4 is 5.32 Å². The summed E-state index contributed by atoms with van der Waals surface area (Å²) < 4.78 is 0. The van der Waals surface area contributed by atoms with Crippen LogP contribution in [0.2, 0.25) is 0 Å². The number of benzene rings is 1. The fourth-order valence-corrected chi connectivity index (χ4v) is 3.74. The lowest BCUT2D eigenvalue weighted by atomic mass is 9.99. The molecule has 0 aliphatic carbocycles. The van der Waals surface area contributed by atoms with E-state index in [0.717, 1.165) is 13.0 Å². The first-order valence-corrected chi connectivity index (χ1v) is 8.21. The molecule has 108 valence electrons. The van der Waals surface area contributed by atoms with Gasteiger partial charge in [0.05, 0.1) is 6.04 Å². The van der Waals surface area contributed by atoms with Gasteiger partial charge in [-0.3, -0.25) is 0 Å². The zero-order valence-corrected chi connectivity index (χ0v) is 14.0. The smallest absolute Gasteiger partial charge is 0.0671 e. The second kappa shape index (κ2) is 6.55. The van der Waals surface area contributed by atoms with Gasteiger partial charge in [-0.2, -0.15) is 0 Å². The van der Waals surface area contributed by atoms with Crippen LogP contribution >= 0.6 is 11.3 Å². The van der Waals surface area contributed by atoms with Crippen LogP contribution in [0.15, 0.2) is 24.3 Å². The Balaban J connectivity index is 2.40. The van der Waals surface area contributed by atoms with Crippen molar-refractivity contribution in [2.75, 3.05) is 6.54 Å². The third-order valence-corrected chi connectivity index (χ3v) is 4.86. The fraction of sp³-hybridized carbons (Fsp3) is 0.444. The van der Waals surface area contributed by atoms with Gasteiger partial charge in [0, 0.05) is 9.75 Å². The molecular weight excluding hydrogens is 262 g/mol. The van der Waals surface area contributed by atoms with Crippen LogP contribution in [0.5, 0.6) is 0 Å². The predicted octanol–water partition coefficient (Wildman–Crippen LogP) is 5.07. The Kier molecular flexibility index (Phi) is 5.00. The Morgan fingerprint density at radius 2 is 1.65 bits per heavy atom. The van der Waals surface area contributed by atoms with Crippen molar-refractivity contribution in [2.45, 2.75) is 47.1 Å². The summed E-state index contributed by atoms with van der Waals surface area (Å²) in [7, 11) is 0. The third kappa shape index (κ3) is 3.50. The molecule has 0 fully saturated rings. The Labute approximate surface area is 127 Å². The van der Waals surface area contributed by atoms with Gasteiger partial charge >= 0.3 is 0 Å². The van der Waals surface area contributed by atoms with E-state index in [1.54, 1.807) is 0 Å². The van der Waals surface area contributed by atoms with Crippen LogP contribution in [-0.4, -0.2) is 6.54 Å². The molecule has 0 amide bonds. The minimum absolute atomic E-state index is 0.325. The van der Waals surface area contributed by atoms with Gasteiger partial charge in [0.1, 0.15) is 0 Å². The van der Waals surface area contributed by atoms with Crippen molar-refractivity contribution in [1.29, 1.82) is 0 Å². The topological polar surface area (TPSA) is 12.0 Å². The second-order valence-electron chi connectivity index (χ2n) is 5.70. The standard InChI is InChI=1S/C18H25NS/c1-6-7-19-18(17-11-14(4)15(5)20-17)16-9-12(2)8-13(3)10-16/h8-11,18-19H,6-7H2,1-5H3. The first-order chi connectivity index (χ1) is 9.51. The molecule has 1 unspecified atom stereocenters. The molecule has 1 heterocycles. The van der Waals surface area contributed by atoms with Crippen LogP contribution in [-0.2, 0) is 0 Å². The molecule has 0 bridgehead atoms. The Bertz CT molecular complexity index is 543. The maximum absolute atomic E-state index is 3.71. The van der Waals surface area contributed by atoms with E-state index in [1.165, 1.54) is 32.0 Å². The molecule has 1 nitrogen and oxygen atoms in total. The highest BCUT2D eigenvalue weighted by Gasteiger charge is 2.17. The summed E-state index contributed by atoms with van der Waals surface area (Å²) >= 11 is 1.92. The number of thiophene rings is 1. The van der Waals surface area contributed by atoms with Crippen molar-refractivity contribution >= 4 is 11.3 Å². The van der Waals surface area contributed by atoms with Crippen LogP contribution in [0.4, 0.5) is 0 Å². The Morgan fingerprint density at radius 1 is 1.00 bits per heavy atom. The van der Waals surface area contributed by atoms with E-state index >= 15 is 0 Å². The lowest BCUT2D eigenvalue weighted by Crippen LogP contribution is -2.22. The number of nitrogens with one attached hydrogen (secondary N) is 1. The monoisotopic (exact) mass is 287 g/mol. The summed E-state index contributed by atoms with van der Waals surface area (Å²) in [5, 5.41) is 3.71. The largest absolute Gasteiger partial charge is 0.306 e. The minimum Gasteiger partial charge on any atom is -0.306 e. The van der Waals surface area contributed by atoms with Gasteiger partial charge < -0.3 is 5.32 Å². The first-order valence-electron chi connectivity index (χ1n) is 7.39. The van der Waals surface area contributed by atoms with Gasteiger partial charge in [0.2, 0.25) is 0 Å². The predicted molar refractivity (Wildman–Crippen MR) is 89.8 cm³/mol. The van der Waals surface area contributed by atoms with E-state index in [2.05, 4.69) is 64.2 Å². The lowest BCUT2D eigenvalue weighted by molar-refractivity contribution is 0.605. The third-order valence-electron chi connectivity index (χ3n) is 3.65. The van der Waals surface area contributed by atoms with E-state index in [9.17, 15) is 0 Å². The summed E-state index contributed by atoms with van der Waals surface area (Å²) in [6.45, 7) is 12.0. The average molecular weight is 287 g/mol. The summed E-state index contributed by atoms with van der Waals surface area (Å²) in [5.74, 6) is 0. The van der Waals surface area contributed by atoms with E-state index in [-0.39, 0.29) is 0 Å². The minimum atomic E-state index is 0.325. The second-order valence-corrected chi connectivity index (χ2v) is 6.98. The molecule has 1 N–H and O–H groups in total. The number of aryl methyl sites for hydroxylation is 4. The van der Waals surface area contributed by atoms with Gasteiger partial charge in [-0.25, -0.2) is 0 Å². The summed E-state index contributed by atoms with van der Waals surface area (Å²) in [6, 6.07) is 9.53. The number of hydrogen-bond acceptors (Lipinski definition) is 2. The van der Waals surface area contributed by atoms with Gasteiger partial charge in [0.25, 0.3) is 0 Å². The highest BCUT2D eigenvalue weighted by atomic mass is 32.1.